The first-order chi connectivity index (χ1) is 11.4. The van der Waals surface area contributed by atoms with Gasteiger partial charge in [0.05, 0.1) is 17.2 Å². The van der Waals surface area contributed by atoms with Gasteiger partial charge >= 0.3 is 0 Å². The van der Waals surface area contributed by atoms with Gasteiger partial charge < -0.3 is 13.8 Å². The zero-order valence-corrected chi connectivity index (χ0v) is 14.5. The molecule has 1 amide bonds. The van der Waals surface area contributed by atoms with E-state index in [1.807, 2.05) is 0 Å². The van der Waals surface area contributed by atoms with Crippen LogP contribution in [0.2, 0.25) is 0 Å². The summed E-state index contributed by atoms with van der Waals surface area (Å²) in [5.74, 6) is 0.699. The summed E-state index contributed by atoms with van der Waals surface area (Å²) < 4.78 is 35.1. The second-order valence-electron chi connectivity index (χ2n) is 6.08. The lowest BCUT2D eigenvalue weighted by Gasteiger charge is -2.31. The van der Waals surface area contributed by atoms with Gasteiger partial charge in [-0.05, 0) is 38.8 Å². The maximum atomic E-state index is 12.6. The van der Waals surface area contributed by atoms with Crippen molar-refractivity contribution in [3.63, 3.8) is 0 Å². The summed E-state index contributed by atoms with van der Waals surface area (Å²) in [6.45, 7) is 4.24. The average molecular weight is 352 g/mol. The number of likely N-dealkylation sites (tertiary alicyclic amines) is 1. The van der Waals surface area contributed by atoms with Crippen molar-refractivity contribution in [3.05, 3.63) is 41.2 Å². The minimum Gasteiger partial charge on any atom is -0.468 e. The Morgan fingerprint density at radius 1 is 1.33 bits per heavy atom. The third-order valence-electron chi connectivity index (χ3n) is 4.41. The first-order valence-electron chi connectivity index (χ1n) is 7.84. The summed E-state index contributed by atoms with van der Waals surface area (Å²) in [6.07, 6.45) is 2.33. The molecule has 24 heavy (non-hydrogen) atoms. The number of piperidine rings is 1. The van der Waals surface area contributed by atoms with E-state index in [0.717, 1.165) is 0 Å². The van der Waals surface area contributed by atoms with Gasteiger partial charge in [-0.2, -0.15) is 0 Å². The molecule has 1 saturated heterocycles. The van der Waals surface area contributed by atoms with E-state index >= 15 is 0 Å². The summed E-state index contributed by atoms with van der Waals surface area (Å²) >= 11 is 0. The van der Waals surface area contributed by atoms with E-state index in [1.165, 1.54) is 6.26 Å². The Hall–Kier alpha value is -2.09. The van der Waals surface area contributed by atoms with Gasteiger partial charge in [0, 0.05) is 13.1 Å². The highest BCUT2D eigenvalue weighted by Crippen LogP contribution is 2.24. The first-order valence-corrected chi connectivity index (χ1v) is 9.56. The molecule has 1 fully saturated rings. The van der Waals surface area contributed by atoms with Crippen LogP contribution < -0.4 is 0 Å². The third-order valence-corrected chi connectivity index (χ3v) is 6.58. The third kappa shape index (κ3) is 3.24. The summed E-state index contributed by atoms with van der Waals surface area (Å²) in [7, 11) is -3.29. The van der Waals surface area contributed by atoms with E-state index in [9.17, 15) is 13.2 Å². The van der Waals surface area contributed by atoms with E-state index in [2.05, 4.69) is 5.16 Å². The predicted octanol–water partition coefficient (Wildman–Crippen LogP) is 2.10. The lowest BCUT2D eigenvalue weighted by atomic mass is 10.1. The molecule has 3 rings (SSSR count). The van der Waals surface area contributed by atoms with Gasteiger partial charge in [-0.1, -0.05) is 5.16 Å². The molecule has 2 aromatic heterocycles. The minimum absolute atomic E-state index is 0.0948. The quantitative estimate of drug-likeness (QED) is 0.836. The minimum atomic E-state index is -3.29. The highest BCUT2D eigenvalue weighted by Gasteiger charge is 2.33. The van der Waals surface area contributed by atoms with E-state index < -0.39 is 15.1 Å². The highest BCUT2D eigenvalue weighted by atomic mass is 32.2. The Balaban J connectivity index is 1.64. The van der Waals surface area contributed by atoms with Gasteiger partial charge in [0.2, 0.25) is 0 Å². The van der Waals surface area contributed by atoms with Crippen molar-refractivity contribution >= 4 is 15.7 Å². The van der Waals surface area contributed by atoms with Crippen molar-refractivity contribution in [3.8, 4) is 0 Å². The Morgan fingerprint density at radius 2 is 2.04 bits per heavy atom. The molecule has 0 unspecified atom stereocenters. The number of aryl methyl sites for hydroxylation is 2. The van der Waals surface area contributed by atoms with Crippen molar-refractivity contribution in [2.24, 2.45) is 0 Å². The molecule has 0 radical (unpaired) electrons. The monoisotopic (exact) mass is 352 g/mol. The van der Waals surface area contributed by atoms with Gasteiger partial charge in [0.15, 0.2) is 9.84 Å². The number of sulfone groups is 1. The molecule has 1 aliphatic heterocycles. The van der Waals surface area contributed by atoms with E-state index in [1.54, 1.807) is 30.9 Å². The number of carbonyl (C=O) groups is 1. The number of hydrogen-bond acceptors (Lipinski definition) is 6. The van der Waals surface area contributed by atoms with Gasteiger partial charge in [-0.3, -0.25) is 4.79 Å². The number of nitrogens with zero attached hydrogens (tertiary/aromatic N) is 2. The maximum Gasteiger partial charge on any atom is 0.259 e. The van der Waals surface area contributed by atoms with Gasteiger partial charge in [0.25, 0.3) is 5.91 Å². The fourth-order valence-corrected chi connectivity index (χ4v) is 4.80. The van der Waals surface area contributed by atoms with Gasteiger partial charge in [-0.15, -0.1) is 0 Å². The predicted molar refractivity (Wildman–Crippen MR) is 86.2 cm³/mol. The zero-order chi connectivity index (χ0) is 17.3. The molecule has 0 saturated carbocycles. The molecular formula is C16H20N2O5S. The van der Waals surface area contributed by atoms with Crippen LogP contribution in [0.4, 0.5) is 0 Å². The second-order valence-corrected chi connectivity index (χ2v) is 8.36. The van der Waals surface area contributed by atoms with Crippen LogP contribution in [-0.4, -0.2) is 42.7 Å². The van der Waals surface area contributed by atoms with Crippen LogP contribution in [-0.2, 0) is 15.6 Å². The van der Waals surface area contributed by atoms with Crippen LogP contribution in [0.1, 0.15) is 40.4 Å². The lowest BCUT2D eigenvalue weighted by molar-refractivity contribution is 0.0723. The number of rotatable bonds is 4. The number of amides is 1. The molecule has 0 atom stereocenters. The molecule has 130 valence electrons. The molecule has 0 aliphatic carbocycles. The molecule has 3 heterocycles. The Bertz CT molecular complexity index is 795. The molecule has 0 aromatic carbocycles. The summed E-state index contributed by atoms with van der Waals surface area (Å²) in [4.78, 5) is 14.2. The van der Waals surface area contributed by atoms with Crippen LogP contribution in [0.25, 0.3) is 0 Å². The molecule has 1 aliphatic rings. The average Bonchev–Trinajstić information content (AvgIpc) is 3.16. The summed E-state index contributed by atoms with van der Waals surface area (Å²) in [5, 5.41) is 3.35. The number of aromatic nitrogens is 1. The van der Waals surface area contributed by atoms with Crippen LogP contribution in [0.3, 0.4) is 0 Å². The zero-order valence-electron chi connectivity index (χ0n) is 13.7. The van der Waals surface area contributed by atoms with Crippen LogP contribution in [0.15, 0.2) is 27.3 Å². The molecule has 0 spiro atoms. The summed E-state index contributed by atoms with van der Waals surface area (Å²) in [5.41, 5.74) is 1.04. The number of carbonyl (C=O) groups excluding carboxylic acids is 1. The van der Waals surface area contributed by atoms with Crippen molar-refractivity contribution in [2.45, 2.75) is 37.7 Å². The topological polar surface area (TPSA) is 93.6 Å². The SMILES string of the molecule is Cc1noc(C)c1C(=O)N1CCC(S(=O)(=O)Cc2ccco2)CC1. The maximum absolute atomic E-state index is 12.6. The van der Waals surface area contributed by atoms with Crippen molar-refractivity contribution in [2.75, 3.05) is 13.1 Å². The standard InChI is InChI=1S/C16H20N2O5S/c1-11-15(12(2)23-17-11)16(19)18-7-5-14(6-8-18)24(20,21)10-13-4-3-9-22-13/h3-4,9,14H,5-8,10H2,1-2H3. The summed E-state index contributed by atoms with van der Waals surface area (Å²) in [6, 6.07) is 3.34. The fourth-order valence-electron chi connectivity index (χ4n) is 3.08. The second kappa shape index (κ2) is 6.43. The normalized spacial score (nSPS) is 16.5. The van der Waals surface area contributed by atoms with Gasteiger partial charge in [-0.25, -0.2) is 8.42 Å². The van der Waals surface area contributed by atoms with E-state index in [4.69, 9.17) is 8.94 Å². The van der Waals surface area contributed by atoms with Crippen molar-refractivity contribution in [1.29, 1.82) is 0 Å². The largest absolute Gasteiger partial charge is 0.468 e. The molecule has 8 heteroatoms. The molecule has 2 aromatic rings. The smallest absolute Gasteiger partial charge is 0.259 e. The Morgan fingerprint density at radius 3 is 2.58 bits per heavy atom. The van der Waals surface area contributed by atoms with E-state index in [-0.39, 0.29) is 11.7 Å². The van der Waals surface area contributed by atoms with Crippen LogP contribution in [0.5, 0.6) is 0 Å². The van der Waals surface area contributed by atoms with E-state index in [0.29, 0.717) is 48.7 Å². The van der Waals surface area contributed by atoms with Crippen molar-refractivity contribution in [1.82, 2.24) is 10.1 Å². The fraction of sp³-hybridized carbons (Fsp3) is 0.500. The Kier molecular flexibility index (Phi) is 4.49. The highest BCUT2D eigenvalue weighted by molar-refractivity contribution is 7.91. The number of furan rings is 1. The lowest BCUT2D eigenvalue weighted by Crippen LogP contribution is -2.43. The van der Waals surface area contributed by atoms with Crippen molar-refractivity contribution < 1.29 is 22.2 Å². The molecule has 0 N–H and O–H groups in total. The molecular weight excluding hydrogens is 332 g/mol. The molecule has 7 nitrogen and oxygen atoms in total. The first kappa shape index (κ1) is 16.8. The molecule has 0 bridgehead atoms. The Labute approximate surface area is 140 Å². The van der Waals surface area contributed by atoms with Crippen LogP contribution in [0, 0.1) is 13.8 Å². The van der Waals surface area contributed by atoms with Gasteiger partial charge in [0.1, 0.15) is 22.8 Å². The number of hydrogen-bond donors (Lipinski definition) is 0. The van der Waals surface area contributed by atoms with Crippen LogP contribution >= 0.6 is 0 Å².